The largest absolute Gasteiger partial charge is 0.379 e. The maximum Gasteiger partial charge on any atom is 0.130 e. The number of likely N-dealkylation sites (N-methyl/N-ethyl adjacent to an activating group) is 1. The highest BCUT2D eigenvalue weighted by Crippen LogP contribution is 2.14. The molecular weight excluding hydrogens is 587 g/mol. The van der Waals surface area contributed by atoms with E-state index in [4.69, 9.17) is 9.47 Å². The Morgan fingerprint density at radius 1 is 0.396 bits per heavy atom. The first-order valence-electron chi connectivity index (χ1n) is 22.0. The molecule has 0 aromatic rings. The molecule has 48 heavy (non-hydrogen) atoms. The summed E-state index contributed by atoms with van der Waals surface area (Å²) in [7, 11) is 0. The summed E-state index contributed by atoms with van der Waals surface area (Å²) >= 11 is 0. The Bertz CT molecular complexity index is 647. The van der Waals surface area contributed by atoms with Gasteiger partial charge in [0.1, 0.15) is 12.6 Å². The fraction of sp³-hybridized carbons (Fsp3) is 0.911. The van der Waals surface area contributed by atoms with Gasteiger partial charge in [0.05, 0.1) is 26.2 Å². The van der Waals surface area contributed by atoms with Gasteiger partial charge in [-0.1, -0.05) is 154 Å². The van der Waals surface area contributed by atoms with E-state index < -0.39 is 0 Å². The first-order chi connectivity index (χ1) is 23.7. The van der Waals surface area contributed by atoms with Gasteiger partial charge in [-0.25, -0.2) is 0 Å². The molecule has 0 aromatic carbocycles. The van der Waals surface area contributed by atoms with Crippen molar-refractivity contribution in [2.75, 3.05) is 46.0 Å². The van der Waals surface area contributed by atoms with Crippen molar-refractivity contribution >= 4 is 0 Å². The number of quaternary nitrogens is 1. The zero-order valence-electron chi connectivity index (χ0n) is 33.9. The quantitative estimate of drug-likeness (QED) is 0.0365. The highest BCUT2D eigenvalue weighted by Gasteiger charge is 2.26. The Labute approximate surface area is 304 Å². The molecule has 3 heteroatoms. The van der Waals surface area contributed by atoms with Crippen molar-refractivity contribution in [3.8, 4) is 0 Å². The molecule has 0 aliphatic rings. The lowest BCUT2D eigenvalue weighted by Gasteiger charge is -2.38. The summed E-state index contributed by atoms with van der Waals surface area (Å²) in [5, 5.41) is 0. The van der Waals surface area contributed by atoms with Gasteiger partial charge in [-0.05, 0) is 85.0 Å². The molecule has 0 aliphatic carbocycles. The lowest BCUT2D eigenvalue weighted by atomic mass is 10.1. The van der Waals surface area contributed by atoms with Gasteiger partial charge in [0.25, 0.3) is 0 Å². The van der Waals surface area contributed by atoms with Crippen LogP contribution in [-0.2, 0) is 9.47 Å². The second-order valence-electron chi connectivity index (χ2n) is 14.9. The van der Waals surface area contributed by atoms with Crippen LogP contribution in [-0.4, -0.2) is 56.6 Å². The second-order valence-corrected chi connectivity index (χ2v) is 14.9. The molecule has 0 aromatic heterocycles. The molecule has 1 unspecified atom stereocenters. The van der Waals surface area contributed by atoms with Crippen molar-refractivity contribution in [1.29, 1.82) is 0 Å². The highest BCUT2D eigenvalue weighted by atomic mass is 16.5. The fourth-order valence-electron chi connectivity index (χ4n) is 6.91. The molecule has 0 aliphatic heterocycles. The molecule has 286 valence electrons. The summed E-state index contributed by atoms with van der Waals surface area (Å²) in [4.78, 5) is 0. The van der Waals surface area contributed by atoms with Crippen LogP contribution in [0.25, 0.3) is 0 Å². The van der Waals surface area contributed by atoms with Gasteiger partial charge in [0.15, 0.2) is 0 Å². The van der Waals surface area contributed by atoms with E-state index in [0.717, 1.165) is 30.8 Å². The summed E-state index contributed by atoms with van der Waals surface area (Å²) in [6.45, 7) is 18.8. The standard InChI is InChI=1S/C45H90NO2/c1-6-11-13-15-17-19-21-23-25-27-29-31-33-35-37-39-41-47-44-45(43-46(8-3,9-4)10-5)48-42-40-38-36-34-32-30-28-26-24-22-20-18-16-14-12-7-2/h23-26,45H,6-22,27-44H2,1-5H3/q+1. The molecule has 0 radical (unpaired) electrons. The minimum atomic E-state index is 0.224. The van der Waals surface area contributed by atoms with E-state index in [1.807, 2.05) is 0 Å². The molecule has 1 atom stereocenters. The number of nitrogens with zero attached hydrogens (tertiary/aromatic N) is 1. The Morgan fingerprint density at radius 2 is 0.729 bits per heavy atom. The van der Waals surface area contributed by atoms with Crippen LogP contribution in [0.5, 0.6) is 0 Å². The number of unbranched alkanes of at least 4 members (excludes halogenated alkanes) is 24. The average molecular weight is 677 g/mol. The predicted molar refractivity (Wildman–Crippen MR) is 216 cm³/mol. The zero-order chi connectivity index (χ0) is 35.1. The molecule has 3 nitrogen and oxygen atoms in total. The summed E-state index contributed by atoms with van der Waals surface area (Å²) in [6.07, 6.45) is 47.7. The van der Waals surface area contributed by atoms with Gasteiger partial charge < -0.3 is 14.0 Å². The molecule has 0 heterocycles. The van der Waals surface area contributed by atoms with Crippen LogP contribution in [0.1, 0.15) is 214 Å². The maximum atomic E-state index is 6.50. The Hall–Kier alpha value is -0.640. The van der Waals surface area contributed by atoms with Gasteiger partial charge in [-0.3, -0.25) is 0 Å². The molecule has 0 saturated heterocycles. The normalized spacial score (nSPS) is 13.0. The van der Waals surface area contributed by atoms with Crippen LogP contribution in [0.2, 0.25) is 0 Å². The van der Waals surface area contributed by atoms with Crippen molar-refractivity contribution in [2.24, 2.45) is 0 Å². The average Bonchev–Trinajstić information content (AvgIpc) is 3.11. The molecule has 0 fully saturated rings. The number of hydrogen-bond donors (Lipinski definition) is 0. The van der Waals surface area contributed by atoms with Gasteiger partial charge in [-0.2, -0.15) is 0 Å². The van der Waals surface area contributed by atoms with Crippen molar-refractivity contribution < 1.29 is 14.0 Å². The lowest BCUT2D eigenvalue weighted by molar-refractivity contribution is -0.926. The van der Waals surface area contributed by atoms with E-state index in [9.17, 15) is 0 Å². The predicted octanol–water partition coefficient (Wildman–Crippen LogP) is 14.3. The first kappa shape index (κ1) is 47.4. The van der Waals surface area contributed by atoms with E-state index in [1.54, 1.807) is 0 Å². The van der Waals surface area contributed by atoms with Crippen LogP contribution in [0.4, 0.5) is 0 Å². The topological polar surface area (TPSA) is 18.5 Å². The summed E-state index contributed by atoms with van der Waals surface area (Å²) in [6, 6.07) is 0. The molecule has 0 amide bonds. The highest BCUT2D eigenvalue weighted by molar-refractivity contribution is 4.82. The SMILES string of the molecule is CCCCCCCCC=CCCCCCCCCOCC(C[N+](CC)(CC)CC)OCCCCCCCCC=CCCCCCCCC. The number of ether oxygens (including phenoxy) is 2. The molecule has 0 spiro atoms. The van der Waals surface area contributed by atoms with E-state index in [0.29, 0.717) is 0 Å². The minimum absolute atomic E-state index is 0.224. The Kier molecular flexibility index (Phi) is 38.6. The smallest absolute Gasteiger partial charge is 0.130 e. The Morgan fingerprint density at radius 3 is 1.10 bits per heavy atom. The zero-order valence-corrected chi connectivity index (χ0v) is 33.9. The third kappa shape index (κ3) is 32.6. The van der Waals surface area contributed by atoms with Gasteiger partial charge in [0.2, 0.25) is 0 Å². The minimum Gasteiger partial charge on any atom is -0.379 e. The van der Waals surface area contributed by atoms with Crippen LogP contribution >= 0.6 is 0 Å². The molecule has 0 saturated carbocycles. The van der Waals surface area contributed by atoms with Gasteiger partial charge in [-0.15, -0.1) is 0 Å². The van der Waals surface area contributed by atoms with E-state index in [-0.39, 0.29) is 6.10 Å². The summed E-state index contributed by atoms with van der Waals surface area (Å²) in [5.41, 5.74) is 0. The molecule has 0 bridgehead atoms. The van der Waals surface area contributed by atoms with Crippen LogP contribution in [0.15, 0.2) is 24.3 Å². The van der Waals surface area contributed by atoms with Gasteiger partial charge in [0, 0.05) is 13.2 Å². The molecule has 0 rings (SSSR count). The Balaban J connectivity index is 3.92. The van der Waals surface area contributed by atoms with Crippen LogP contribution < -0.4 is 0 Å². The van der Waals surface area contributed by atoms with E-state index in [2.05, 4.69) is 58.9 Å². The van der Waals surface area contributed by atoms with Crippen LogP contribution in [0, 0.1) is 0 Å². The van der Waals surface area contributed by atoms with Crippen molar-refractivity contribution in [1.82, 2.24) is 0 Å². The van der Waals surface area contributed by atoms with Crippen LogP contribution in [0.3, 0.4) is 0 Å². The van der Waals surface area contributed by atoms with Crippen molar-refractivity contribution in [3.63, 3.8) is 0 Å². The van der Waals surface area contributed by atoms with Crippen molar-refractivity contribution in [3.05, 3.63) is 24.3 Å². The third-order valence-corrected chi connectivity index (χ3v) is 10.7. The maximum absolute atomic E-state index is 6.50. The monoisotopic (exact) mass is 677 g/mol. The number of allylic oxidation sites excluding steroid dienone is 4. The lowest BCUT2D eigenvalue weighted by Crippen LogP contribution is -2.53. The number of hydrogen-bond acceptors (Lipinski definition) is 2. The van der Waals surface area contributed by atoms with Gasteiger partial charge >= 0.3 is 0 Å². The summed E-state index contributed by atoms with van der Waals surface area (Å²) in [5.74, 6) is 0. The molecular formula is C45H90NO2+. The second kappa shape index (κ2) is 39.2. The first-order valence-corrected chi connectivity index (χ1v) is 22.0. The van der Waals surface area contributed by atoms with E-state index >= 15 is 0 Å². The molecule has 0 N–H and O–H groups in total. The fourth-order valence-corrected chi connectivity index (χ4v) is 6.91. The van der Waals surface area contributed by atoms with E-state index in [1.165, 1.54) is 199 Å². The van der Waals surface area contributed by atoms with Crippen molar-refractivity contribution in [2.45, 2.75) is 221 Å². The summed E-state index contributed by atoms with van der Waals surface area (Å²) < 4.78 is 13.9. The number of rotatable bonds is 40. The third-order valence-electron chi connectivity index (χ3n) is 10.7.